The second-order valence-corrected chi connectivity index (χ2v) is 9.51. The van der Waals surface area contributed by atoms with E-state index in [1.165, 1.54) is 12.1 Å². The van der Waals surface area contributed by atoms with Crippen LogP contribution < -0.4 is 14.8 Å². The molecule has 7 nitrogen and oxygen atoms in total. The summed E-state index contributed by atoms with van der Waals surface area (Å²) in [7, 11) is 0. The molecule has 2 aromatic carbocycles. The van der Waals surface area contributed by atoms with Gasteiger partial charge in [-0.1, -0.05) is 30.3 Å². The third-order valence-corrected chi connectivity index (χ3v) is 7.11. The number of thiophene rings is 1. The molecule has 0 saturated carbocycles. The number of fused-ring (bicyclic) bond motifs is 1. The van der Waals surface area contributed by atoms with Crippen LogP contribution in [0, 0.1) is 5.82 Å². The number of carbonyl (C=O) groups excluding carboxylic acids is 2. The second-order valence-electron chi connectivity index (χ2n) is 8.53. The Labute approximate surface area is 207 Å². The van der Waals surface area contributed by atoms with Gasteiger partial charge < -0.3 is 19.7 Å². The van der Waals surface area contributed by atoms with Crippen molar-refractivity contribution in [3.05, 3.63) is 82.3 Å². The standard InChI is InChI=1S/C26H26FN3O4S/c27-19-9-7-18(8-10-19)25(23-6-3-15-35-23)28-24(31)16-29-11-13-30(14-12-29)26(32)22-17-33-20-4-1-2-5-21(20)34-22/h1-10,15,22,25H,11-14,16-17H2,(H,28,31)/t22-,25-/m1/s1. The van der Waals surface area contributed by atoms with Gasteiger partial charge >= 0.3 is 0 Å². The first kappa shape index (κ1) is 23.3. The topological polar surface area (TPSA) is 71.1 Å². The van der Waals surface area contributed by atoms with Crippen molar-refractivity contribution in [1.82, 2.24) is 15.1 Å². The van der Waals surface area contributed by atoms with Crippen LogP contribution in [0.2, 0.25) is 0 Å². The zero-order valence-corrected chi connectivity index (χ0v) is 19.9. The van der Waals surface area contributed by atoms with Gasteiger partial charge in [0.15, 0.2) is 11.5 Å². The molecule has 0 radical (unpaired) electrons. The summed E-state index contributed by atoms with van der Waals surface area (Å²) >= 11 is 1.54. The molecule has 1 aromatic heterocycles. The van der Waals surface area contributed by atoms with E-state index in [2.05, 4.69) is 5.32 Å². The number of para-hydroxylation sites is 2. The molecule has 35 heavy (non-hydrogen) atoms. The maximum atomic E-state index is 13.4. The highest BCUT2D eigenvalue weighted by Crippen LogP contribution is 2.31. The molecule has 2 atom stereocenters. The third kappa shape index (κ3) is 5.47. The lowest BCUT2D eigenvalue weighted by atomic mass is 10.1. The largest absolute Gasteiger partial charge is 0.485 e. The zero-order valence-electron chi connectivity index (χ0n) is 19.1. The smallest absolute Gasteiger partial charge is 0.267 e. The van der Waals surface area contributed by atoms with Gasteiger partial charge in [-0.15, -0.1) is 11.3 Å². The Balaban J connectivity index is 1.14. The van der Waals surface area contributed by atoms with Crippen LogP contribution in [0.15, 0.2) is 66.0 Å². The molecule has 3 heterocycles. The van der Waals surface area contributed by atoms with Crippen molar-refractivity contribution in [2.24, 2.45) is 0 Å². The first-order chi connectivity index (χ1) is 17.1. The van der Waals surface area contributed by atoms with E-state index in [-0.39, 0.29) is 36.8 Å². The van der Waals surface area contributed by atoms with Gasteiger partial charge in [0.2, 0.25) is 12.0 Å². The van der Waals surface area contributed by atoms with Crippen LogP contribution in [0.3, 0.4) is 0 Å². The summed E-state index contributed by atoms with van der Waals surface area (Å²) in [6, 6.07) is 17.1. The van der Waals surface area contributed by atoms with Crippen molar-refractivity contribution in [2.45, 2.75) is 12.1 Å². The molecular formula is C26H26FN3O4S. The van der Waals surface area contributed by atoms with Crippen LogP contribution in [-0.4, -0.2) is 67.0 Å². The summed E-state index contributed by atoms with van der Waals surface area (Å²) in [4.78, 5) is 30.6. The number of benzene rings is 2. The lowest BCUT2D eigenvalue weighted by molar-refractivity contribution is -0.143. The van der Waals surface area contributed by atoms with Crippen LogP contribution in [-0.2, 0) is 9.59 Å². The summed E-state index contributed by atoms with van der Waals surface area (Å²) in [5.41, 5.74) is 0.828. The Bertz CT molecular complexity index is 1160. The van der Waals surface area contributed by atoms with Crippen molar-refractivity contribution in [3.8, 4) is 11.5 Å². The minimum absolute atomic E-state index is 0.0994. The Morgan fingerprint density at radius 1 is 1.00 bits per heavy atom. The quantitative estimate of drug-likeness (QED) is 0.569. The van der Waals surface area contributed by atoms with Gasteiger partial charge in [0.05, 0.1) is 12.6 Å². The summed E-state index contributed by atoms with van der Waals surface area (Å²) in [5.74, 6) is 0.695. The van der Waals surface area contributed by atoms with Gasteiger partial charge in [-0.25, -0.2) is 4.39 Å². The van der Waals surface area contributed by atoms with Gasteiger partial charge in [-0.3, -0.25) is 14.5 Å². The lowest BCUT2D eigenvalue weighted by Crippen LogP contribution is -2.55. The van der Waals surface area contributed by atoms with Crippen LogP contribution in [0.1, 0.15) is 16.5 Å². The van der Waals surface area contributed by atoms with E-state index < -0.39 is 6.10 Å². The molecule has 0 spiro atoms. The molecule has 182 valence electrons. The maximum Gasteiger partial charge on any atom is 0.267 e. The van der Waals surface area contributed by atoms with Gasteiger partial charge in [-0.05, 0) is 41.3 Å². The molecule has 2 amide bonds. The first-order valence-electron chi connectivity index (χ1n) is 11.5. The molecule has 0 bridgehead atoms. The Hall–Kier alpha value is -3.43. The number of rotatable bonds is 6. The van der Waals surface area contributed by atoms with E-state index in [0.717, 1.165) is 10.4 Å². The Morgan fingerprint density at radius 3 is 2.46 bits per heavy atom. The number of hydrogen-bond donors (Lipinski definition) is 1. The van der Waals surface area contributed by atoms with Crippen LogP contribution in [0.5, 0.6) is 11.5 Å². The number of nitrogens with one attached hydrogen (secondary N) is 1. The minimum Gasteiger partial charge on any atom is -0.485 e. The molecule has 0 aliphatic carbocycles. The first-order valence-corrected chi connectivity index (χ1v) is 12.4. The number of amides is 2. The van der Waals surface area contributed by atoms with Crippen molar-refractivity contribution in [2.75, 3.05) is 39.3 Å². The van der Waals surface area contributed by atoms with Crippen molar-refractivity contribution in [1.29, 1.82) is 0 Å². The van der Waals surface area contributed by atoms with Gasteiger partial charge in [0.25, 0.3) is 5.91 Å². The summed E-state index contributed by atoms with van der Waals surface area (Å²) in [6.45, 7) is 2.61. The van der Waals surface area contributed by atoms with Crippen LogP contribution in [0.25, 0.3) is 0 Å². The molecule has 5 rings (SSSR count). The third-order valence-electron chi connectivity index (χ3n) is 6.17. The molecule has 1 N–H and O–H groups in total. The molecule has 0 unspecified atom stereocenters. The number of ether oxygens (including phenoxy) is 2. The number of halogens is 1. The molecule has 1 saturated heterocycles. The minimum atomic E-state index is -0.665. The van der Waals surface area contributed by atoms with E-state index in [1.54, 1.807) is 34.4 Å². The summed E-state index contributed by atoms with van der Waals surface area (Å²) < 4.78 is 24.9. The van der Waals surface area contributed by atoms with E-state index in [4.69, 9.17) is 9.47 Å². The fourth-order valence-electron chi connectivity index (χ4n) is 4.31. The van der Waals surface area contributed by atoms with E-state index >= 15 is 0 Å². The molecule has 9 heteroatoms. The summed E-state index contributed by atoms with van der Waals surface area (Å²) in [5, 5.41) is 5.04. The van der Waals surface area contributed by atoms with Gasteiger partial charge in [0.1, 0.15) is 12.4 Å². The highest BCUT2D eigenvalue weighted by molar-refractivity contribution is 7.10. The second kappa shape index (κ2) is 10.5. The maximum absolute atomic E-state index is 13.4. The number of nitrogens with zero attached hydrogens (tertiary/aromatic N) is 2. The Kier molecular flexibility index (Phi) is 6.96. The molecule has 1 fully saturated rings. The average molecular weight is 496 g/mol. The van der Waals surface area contributed by atoms with Crippen molar-refractivity contribution >= 4 is 23.2 Å². The molecule has 2 aliphatic rings. The van der Waals surface area contributed by atoms with E-state index in [9.17, 15) is 14.0 Å². The average Bonchev–Trinajstić information content (AvgIpc) is 3.42. The van der Waals surface area contributed by atoms with Gasteiger partial charge in [-0.2, -0.15) is 0 Å². The predicted molar refractivity (Wildman–Crippen MR) is 130 cm³/mol. The fraction of sp³-hybridized carbons (Fsp3) is 0.308. The predicted octanol–water partition coefficient (Wildman–Crippen LogP) is 3.08. The van der Waals surface area contributed by atoms with Crippen molar-refractivity contribution < 1.29 is 23.5 Å². The van der Waals surface area contributed by atoms with Gasteiger partial charge in [0, 0.05) is 31.1 Å². The number of hydrogen-bond acceptors (Lipinski definition) is 6. The SMILES string of the molecule is O=C(CN1CCN(C(=O)[C@H]2COc3ccccc3O2)CC1)N[C@H](c1ccc(F)cc1)c1cccs1. The van der Waals surface area contributed by atoms with Crippen LogP contribution in [0.4, 0.5) is 4.39 Å². The van der Waals surface area contributed by atoms with E-state index in [0.29, 0.717) is 37.7 Å². The number of carbonyl (C=O) groups is 2. The van der Waals surface area contributed by atoms with Crippen LogP contribution >= 0.6 is 11.3 Å². The number of piperazine rings is 1. The summed E-state index contributed by atoms with van der Waals surface area (Å²) in [6.07, 6.45) is -0.665. The van der Waals surface area contributed by atoms with Crippen molar-refractivity contribution in [3.63, 3.8) is 0 Å². The Morgan fingerprint density at radius 2 is 1.74 bits per heavy atom. The van der Waals surface area contributed by atoms with E-state index in [1.807, 2.05) is 40.6 Å². The lowest BCUT2D eigenvalue weighted by Gasteiger charge is -2.37. The fourth-order valence-corrected chi connectivity index (χ4v) is 5.11. The normalized spacial score (nSPS) is 18.7. The zero-order chi connectivity index (χ0) is 24.2. The highest BCUT2D eigenvalue weighted by atomic mass is 32.1. The highest BCUT2D eigenvalue weighted by Gasteiger charge is 2.33. The molecular weight excluding hydrogens is 469 g/mol. The monoisotopic (exact) mass is 495 g/mol. The molecule has 2 aliphatic heterocycles. The molecule has 3 aromatic rings.